The molecule has 0 aliphatic heterocycles. The lowest BCUT2D eigenvalue weighted by Crippen LogP contribution is -2.35. The van der Waals surface area contributed by atoms with Gasteiger partial charge in [0.05, 0.1) is 25.0 Å². The predicted octanol–water partition coefficient (Wildman–Crippen LogP) is 2.96. The molecule has 10 heteroatoms. The predicted molar refractivity (Wildman–Crippen MR) is 126 cm³/mol. The first-order valence-electron chi connectivity index (χ1n) is 10.5. The molecule has 4 aromatic rings. The third-order valence-electron chi connectivity index (χ3n) is 5.46. The molecule has 174 valence electrons. The Morgan fingerprint density at radius 3 is 2.62 bits per heavy atom. The van der Waals surface area contributed by atoms with Crippen LogP contribution in [0.5, 0.6) is 5.75 Å². The average Bonchev–Trinajstić information content (AvgIpc) is 3.35. The SMILES string of the molecule is COc1c(C(=O)Nc2cnoc2)nc(N(C)C(c2ccccc2)c2ncccc2C)n(C)c1=O. The minimum Gasteiger partial charge on any atom is -0.489 e. The first kappa shape index (κ1) is 22.7. The van der Waals surface area contributed by atoms with Crippen LogP contribution in [0.1, 0.15) is 33.4 Å². The number of methoxy groups -OCH3 is 1. The number of aromatic nitrogens is 4. The van der Waals surface area contributed by atoms with Gasteiger partial charge in [0.1, 0.15) is 12.0 Å². The fraction of sp³-hybridized carbons (Fsp3) is 0.208. The summed E-state index contributed by atoms with van der Waals surface area (Å²) in [6, 6.07) is 13.2. The zero-order chi connectivity index (χ0) is 24.2. The molecule has 0 aliphatic carbocycles. The maximum atomic E-state index is 13.2. The summed E-state index contributed by atoms with van der Waals surface area (Å²) >= 11 is 0. The Morgan fingerprint density at radius 2 is 1.97 bits per heavy atom. The number of pyridine rings is 1. The van der Waals surface area contributed by atoms with Gasteiger partial charge in [0.25, 0.3) is 11.5 Å². The maximum absolute atomic E-state index is 13.2. The summed E-state index contributed by atoms with van der Waals surface area (Å²) < 4.78 is 11.4. The summed E-state index contributed by atoms with van der Waals surface area (Å²) in [6.07, 6.45) is 4.34. The molecule has 1 aromatic carbocycles. The highest BCUT2D eigenvalue weighted by atomic mass is 16.5. The van der Waals surface area contributed by atoms with Gasteiger partial charge in [-0.1, -0.05) is 41.6 Å². The second kappa shape index (κ2) is 9.57. The molecule has 1 amide bonds. The van der Waals surface area contributed by atoms with Crippen LogP contribution in [-0.2, 0) is 7.05 Å². The molecule has 3 heterocycles. The number of nitrogens with zero attached hydrogens (tertiary/aromatic N) is 5. The highest BCUT2D eigenvalue weighted by Crippen LogP contribution is 2.31. The van der Waals surface area contributed by atoms with E-state index in [1.165, 1.54) is 24.1 Å². The maximum Gasteiger partial charge on any atom is 0.297 e. The molecule has 10 nitrogen and oxygen atoms in total. The molecule has 0 aliphatic rings. The summed E-state index contributed by atoms with van der Waals surface area (Å²) in [7, 11) is 4.71. The van der Waals surface area contributed by atoms with Crippen LogP contribution in [0.3, 0.4) is 0 Å². The van der Waals surface area contributed by atoms with Crippen LogP contribution < -0.4 is 20.5 Å². The number of anilines is 2. The van der Waals surface area contributed by atoms with Crippen LogP contribution in [0.4, 0.5) is 11.6 Å². The van der Waals surface area contributed by atoms with Crippen molar-refractivity contribution in [3.05, 3.63) is 94.0 Å². The number of amides is 1. The number of hydrogen-bond acceptors (Lipinski definition) is 8. The molecule has 1 atom stereocenters. The number of aryl methyl sites for hydroxylation is 1. The van der Waals surface area contributed by atoms with Gasteiger partial charge in [0, 0.05) is 20.3 Å². The Labute approximate surface area is 195 Å². The van der Waals surface area contributed by atoms with E-state index in [2.05, 4.69) is 20.4 Å². The van der Waals surface area contributed by atoms with E-state index >= 15 is 0 Å². The van der Waals surface area contributed by atoms with E-state index in [4.69, 9.17) is 9.26 Å². The van der Waals surface area contributed by atoms with Crippen molar-refractivity contribution in [1.82, 2.24) is 19.7 Å². The van der Waals surface area contributed by atoms with Gasteiger partial charge in [-0.2, -0.15) is 0 Å². The second-order valence-corrected chi connectivity index (χ2v) is 7.65. The monoisotopic (exact) mass is 460 g/mol. The van der Waals surface area contributed by atoms with Gasteiger partial charge in [-0.3, -0.25) is 19.1 Å². The minimum atomic E-state index is -0.627. The zero-order valence-corrected chi connectivity index (χ0v) is 19.2. The molecule has 4 rings (SSSR count). The van der Waals surface area contributed by atoms with Crippen LogP contribution in [0.25, 0.3) is 0 Å². The number of rotatable bonds is 7. The van der Waals surface area contributed by atoms with Crippen molar-refractivity contribution in [1.29, 1.82) is 0 Å². The van der Waals surface area contributed by atoms with Gasteiger partial charge in [0.2, 0.25) is 11.7 Å². The molecule has 1 N–H and O–H groups in total. The molecule has 0 saturated carbocycles. The third kappa shape index (κ3) is 4.25. The van der Waals surface area contributed by atoms with Gasteiger partial charge < -0.3 is 19.5 Å². The fourth-order valence-corrected chi connectivity index (χ4v) is 3.78. The summed E-state index contributed by atoms with van der Waals surface area (Å²) in [5.74, 6) is -0.531. The molecule has 0 saturated heterocycles. The van der Waals surface area contributed by atoms with Crippen molar-refractivity contribution >= 4 is 17.5 Å². The van der Waals surface area contributed by atoms with Crippen molar-refractivity contribution in [3.8, 4) is 5.75 Å². The Kier molecular flexibility index (Phi) is 6.39. The number of benzene rings is 1. The summed E-state index contributed by atoms with van der Waals surface area (Å²) in [5, 5.41) is 6.18. The van der Waals surface area contributed by atoms with Gasteiger partial charge >= 0.3 is 0 Å². The van der Waals surface area contributed by atoms with Gasteiger partial charge in [-0.15, -0.1) is 0 Å². The van der Waals surface area contributed by atoms with E-state index in [0.717, 1.165) is 16.8 Å². The number of carbonyl (C=O) groups is 1. The molecular formula is C24H24N6O4. The topological polar surface area (TPSA) is 115 Å². The molecule has 3 aromatic heterocycles. The van der Waals surface area contributed by atoms with Crippen LogP contribution >= 0.6 is 0 Å². The smallest absolute Gasteiger partial charge is 0.297 e. The largest absolute Gasteiger partial charge is 0.489 e. The highest BCUT2D eigenvalue weighted by molar-refractivity contribution is 6.04. The van der Waals surface area contributed by atoms with Crippen molar-refractivity contribution < 1.29 is 14.1 Å². The van der Waals surface area contributed by atoms with Crippen LogP contribution in [0.2, 0.25) is 0 Å². The molecule has 34 heavy (non-hydrogen) atoms. The Hall–Kier alpha value is -4.47. The van der Waals surface area contributed by atoms with E-state index in [-0.39, 0.29) is 23.4 Å². The lowest BCUT2D eigenvalue weighted by molar-refractivity contribution is 0.101. The van der Waals surface area contributed by atoms with E-state index in [1.54, 1.807) is 13.2 Å². The summed E-state index contributed by atoms with van der Waals surface area (Å²) in [4.78, 5) is 37.1. The van der Waals surface area contributed by atoms with E-state index in [9.17, 15) is 9.59 Å². The van der Waals surface area contributed by atoms with Gasteiger partial charge in [0.15, 0.2) is 5.69 Å². The van der Waals surface area contributed by atoms with Crippen LogP contribution in [0, 0.1) is 6.92 Å². The normalized spacial score (nSPS) is 11.6. The highest BCUT2D eigenvalue weighted by Gasteiger charge is 2.29. The Balaban J connectivity index is 1.86. The molecule has 0 radical (unpaired) electrons. The van der Waals surface area contributed by atoms with Crippen LogP contribution in [-0.4, -0.2) is 39.8 Å². The summed E-state index contributed by atoms with van der Waals surface area (Å²) in [5.41, 5.74) is 2.41. The number of carbonyl (C=O) groups excluding carboxylic acids is 1. The number of nitrogens with one attached hydrogen (secondary N) is 1. The Morgan fingerprint density at radius 1 is 1.21 bits per heavy atom. The minimum absolute atomic E-state index is 0.154. The summed E-state index contributed by atoms with van der Waals surface area (Å²) in [6.45, 7) is 1.98. The standard InChI is InChI=1S/C24H24N6O4/c1-15-9-8-12-25-18(15)20(16-10-6-5-7-11-16)29(2)24-28-19(21(33-4)23(32)30(24)3)22(31)27-17-13-26-34-14-17/h5-14,20H,1-4H3,(H,27,31). The second-order valence-electron chi connectivity index (χ2n) is 7.65. The molecule has 0 bridgehead atoms. The number of hydrogen-bond donors (Lipinski definition) is 1. The molecule has 0 fully saturated rings. The van der Waals surface area contributed by atoms with E-state index < -0.39 is 11.5 Å². The quantitative estimate of drug-likeness (QED) is 0.448. The van der Waals surface area contributed by atoms with Crippen molar-refractivity contribution in [3.63, 3.8) is 0 Å². The first-order valence-corrected chi connectivity index (χ1v) is 10.5. The average molecular weight is 460 g/mol. The van der Waals surface area contributed by atoms with Crippen molar-refractivity contribution in [2.45, 2.75) is 13.0 Å². The lowest BCUT2D eigenvalue weighted by atomic mass is 9.99. The van der Waals surface area contributed by atoms with Crippen molar-refractivity contribution in [2.75, 3.05) is 24.4 Å². The molecule has 1 unspecified atom stereocenters. The Bertz CT molecular complexity index is 1350. The molecular weight excluding hydrogens is 436 g/mol. The van der Waals surface area contributed by atoms with Crippen molar-refractivity contribution in [2.24, 2.45) is 7.05 Å². The zero-order valence-electron chi connectivity index (χ0n) is 19.2. The third-order valence-corrected chi connectivity index (χ3v) is 5.46. The van der Waals surface area contributed by atoms with Gasteiger partial charge in [-0.25, -0.2) is 4.98 Å². The number of ether oxygens (including phenoxy) is 1. The van der Waals surface area contributed by atoms with E-state index in [0.29, 0.717) is 5.69 Å². The fourth-order valence-electron chi connectivity index (χ4n) is 3.78. The molecule has 0 spiro atoms. The lowest BCUT2D eigenvalue weighted by Gasteiger charge is -2.31. The van der Waals surface area contributed by atoms with Gasteiger partial charge in [-0.05, 0) is 24.1 Å². The van der Waals surface area contributed by atoms with E-state index in [1.807, 2.05) is 61.3 Å². The van der Waals surface area contributed by atoms with Crippen LogP contribution in [0.15, 0.2) is 70.4 Å². The first-order chi connectivity index (χ1) is 16.4.